The number of aromatic nitrogens is 1. The number of pyridine rings is 1. The topological polar surface area (TPSA) is 135 Å². The third-order valence-electron chi connectivity index (χ3n) is 7.05. The van der Waals surface area contributed by atoms with Crippen LogP contribution in [0.1, 0.15) is 51.0 Å². The van der Waals surface area contributed by atoms with E-state index in [1.54, 1.807) is 19.1 Å². The minimum atomic E-state index is -2.62. The summed E-state index contributed by atoms with van der Waals surface area (Å²) in [4.78, 5) is 55.7. The Morgan fingerprint density at radius 2 is 1.82 bits per heavy atom. The summed E-state index contributed by atoms with van der Waals surface area (Å²) in [5.41, 5.74) is 1.52. The molecule has 0 saturated carbocycles. The smallest absolute Gasteiger partial charge is 0.580 e. The van der Waals surface area contributed by atoms with Gasteiger partial charge in [-0.1, -0.05) is 56.7 Å². The monoisotopic (exact) mass is 524 g/mol. The summed E-state index contributed by atoms with van der Waals surface area (Å²) >= 11 is 0. The first-order valence-electron chi connectivity index (χ1n) is 12.8. The Hall–Kier alpha value is -3.57. The number of hydrogen-bond acceptors (Lipinski definition) is 8. The summed E-state index contributed by atoms with van der Waals surface area (Å²) in [7, 11) is 0. The van der Waals surface area contributed by atoms with Gasteiger partial charge < -0.3 is 24.0 Å². The predicted molar refractivity (Wildman–Crippen MR) is 139 cm³/mol. The number of carbonyl (C=O) groups excluding carboxylic acids is 4. The molecule has 11 heteroatoms. The van der Waals surface area contributed by atoms with Crippen LogP contribution in [0.5, 0.6) is 0 Å². The van der Waals surface area contributed by atoms with Crippen molar-refractivity contribution < 1.29 is 37.9 Å². The number of ketones is 1. The fraction of sp³-hybridized carbons (Fsp3) is 0.444. The zero-order valence-electron chi connectivity index (χ0n) is 22.0. The predicted octanol–water partition coefficient (Wildman–Crippen LogP) is 2.60. The molecule has 0 radical (unpaired) electrons. The maximum absolute atomic E-state index is 13.5. The van der Waals surface area contributed by atoms with Gasteiger partial charge in [0.2, 0.25) is 6.10 Å². The van der Waals surface area contributed by atoms with Gasteiger partial charge in [0.05, 0.1) is 11.8 Å². The number of nitrogens with one attached hydrogen (secondary N) is 1. The fourth-order valence-corrected chi connectivity index (χ4v) is 5.25. The van der Waals surface area contributed by atoms with Crippen LogP contribution < -0.4 is 5.32 Å². The highest BCUT2D eigenvalue weighted by atomic mass is 16.9. The van der Waals surface area contributed by atoms with Crippen molar-refractivity contribution in [1.29, 1.82) is 0 Å². The lowest BCUT2D eigenvalue weighted by molar-refractivity contribution is -0.146. The maximum Gasteiger partial charge on any atom is 0.688 e. The van der Waals surface area contributed by atoms with Gasteiger partial charge in [-0.2, -0.15) is 0 Å². The van der Waals surface area contributed by atoms with Gasteiger partial charge in [0.25, 0.3) is 5.91 Å². The van der Waals surface area contributed by atoms with E-state index >= 15 is 0 Å². The Labute approximate surface area is 221 Å². The standard InChI is InChI=1S/C27H33BN2O8/c1-16(2)13-20(28-36-24(33)15-38(28)18(4)27(35)37-28)14-23(32)25(17(3)31)30-26(34)22-12-8-11-21(29-22)19-9-6-5-7-10-19/h5-12,16-18,20,25,31H,13-15H2,1-4H3,(H,30,34)/t17-,18-,20-,25+,28?/m1/s1. The number of nitrogens with zero attached hydrogens (tertiary/aromatic N) is 1. The number of benzene rings is 1. The van der Waals surface area contributed by atoms with E-state index < -0.39 is 54.5 Å². The lowest BCUT2D eigenvalue weighted by Gasteiger charge is -2.37. The number of aliphatic hydroxyl groups excluding tert-OH is 1. The number of aliphatic hydroxyl groups is 1. The van der Waals surface area contributed by atoms with Gasteiger partial charge in [-0.15, -0.1) is 0 Å². The van der Waals surface area contributed by atoms with Gasteiger partial charge in [-0.25, -0.2) is 14.6 Å². The second-order valence-electron chi connectivity index (χ2n) is 10.4. The first-order valence-corrected chi connectivity index (χ1v) is 12.8. The van der Waals surface area contributed by atoms with E-state index in [0.717, 1.165) is 5.56 Å². The van der Waals surface area contributed by atoms with Crippen LogP contribution in [0.25, 0.3) is 11.3 Å². The Morgan fingerprint density at radius 1 is 1.11 bits per heavy atom. The Morgan fingerprint density at radius 3 is 2.47 bits per heavy atom. The molecule has 1 aromatic carbocycles. The second kappa shape index (κ2) is 11.0. The van der Waals surface area contributed by atoms with Gasteiger partial charge in [0.1, 0.15) is 11.7 Å². The molecule has 2 N–H and O–H groups in total. The van der Waals surface area contributed by atoms with E-state index in [0.29, 0.717) is 12.1 Å². The van der Waals surface area contributed by atoms with Crippen molar-refractivity contribution in [2.75, 3.05) is 6.61 Å². The normalized spacial score (nSPS) is 23.4. The average molecular weight is 524 g/mol. The quantitative estimate of drug-likeness (QED) is 0.358. The highest BCUT2D eigenvalue weighted by Crippen LogP contribution is 2.47. The molecule has 202 valence electrons. The molecule has 2 aliphatic heterocycles. The number of amides is 1. The lowest BCUT2D eigenvalue weighted by Crippen LogP contribution is -2.52. The zero-order chi connectivity index (χ0) is 27.6. The SMILES string of the molecule is CC(C)C[C@H](CC(=O)[C@@H](NC(=O)c1cccc(-c2ccccc2)n1)[C@@H](C)O)[B-]12OC(=O)C[O+]1[C@H](C)C(=O)O2. The average Bonchev–Trinajstić information content (AvgIpc) is 3.33. The van der Waals surface area contributed by atoms with Crippen molar-refractivity contribution in [2.45, 2.75) is 64.6 Å². The number of hydrogen-bond donors (Lipinski definition) is 2. The minimum Gasteiger partial charge on any atom is -0.580 e. The third kappa shape index (κ3) is 5.49. The summed E-state index contributed by atoms with van der Waals surface area (Å²) in [6, 6.07) is 13.1. The van der Waals surface area contributed by atoms with Crippen LogP contribution in [0.3, 0.4) is 0 Å². The van der Waals surface area contributed by atoms with E-state index in [2.05, 4.69) is 14.6 Å². The van der Waals surface area contributed by atoms with Crippen LogP contribution in [0.4, 0.5) is 0 Å². The number of fused-ring (bicyclic) bond motifs is 1. The molecular weight excluding hydrogens is 491 g/mol. The molecule has 3 heterocycles. The van der Waals surface area contributed by atoms with Crippen molar-refractivity contribution >= 4 is 30.4 Å². The van der Waals surface area contributed by atoms with Crippen LogP contribution in [0.15, 0.2) is 48.5 Å². The third-order valence-corrected chi connectivity index (χ3v) is 7.05. The first kappa shape index (κ1) is 27.5. The van der Waals surface area contributed by atoms with E-state index in [1.165, 1.54) is 13.0 Å². The molecule has 1 amide bonds. The van der Waals surface area contributed by atoms with Gasteiger partial charge in [0, 0.05) is 18.3 Å². The van der Waals surface area contributed by atoms with Crippen molar-refractivity contribution in [1.82, 2.24) is 10.3 Å². The molecule has 5 atom stereocenters. The number of Topliss-reactive ketones (excluding diaryl/α,β-unsaturated/α-hetero) is 1. The van der Waals surface area contributed by atoms with Crippen molar-refractivity contribution in [3.63, 3.8) is 0 Å². The van der Waals surface area contributed by atoms with Crippen molar-refractivity contribution in [3.8, 4) is 11.3 Å². The van der Waals surface area contributed by atoms with Gasteiger partial charge >= 0.3 is 18.7 Å². The fourth-order valence-electron chi connectivity index (χ4n) is 5.25. The molecule has 0 bridgehead atoms. The molecule has 2 aliphatic rings. The Bertz CT molecular complexity index is 1220. The molecule has 0 spiro atoms. The number of rotatable bonds is 10. The first-order chi connectivity index (χ1) is 18.0. The van der Waals surface area contributed by atoms with Crippen molar-refractivity contribution in [3.05, 3.63) is 54.2 Å². The lowest BCUT2D eigenvalue weighted by atomic mass is 9.57. The summed E-state index contributed by atoms with van der Waals surface area (Å²) in [5, 5.41) is 13.1. The molecule has 1 unspecified atom stereocenters. The Balaban J connectivity index is 1.55. The Kier molecular flexibility index (Phi) is 7.98. The zero-order valence-corrected chi connectivity index (χ0v) is 22.0. The number of carbonyl (C=O) groups is 4. The molecule has 38 heavy (non-hydrogen) atoms. The van der Waals surface area contributed by atoms with E-state index in [1.807, 2.05) is 44.2 Å². The highest BCUT2D eigenvalue weighted by Gasteiger charge is 2.69. The van der Waals surface area contributed by atoms with E-state index in [-0.39, 0.29) is 24.6 Å². The van der Waals surface area contributed by atoms with Gasteiger partial charge in [-0.05, 0) is 31.4 Å². The van der Waals surface area contributed by atoms with Gasteiger partial charge in [0.15, 0.2) is 12.4 Å². The molecule has 1 aromatic heterocycles. The van der Waals surface area contributed by atoms with Crippen LogP contribution in [-0.4, -0.2) is 65.3 Å². The van der Waals surface area contributed by atoms with E-state index in [9.17, 15) is 24.3 Å². The van der Waals surface area contributed by atoms with Gasteiger partial charge in [-0.3, -0.25) is 9.59 Å². The van der Waals surface area contributed by atoms with Crippen LogP contribution in [-0.2, 0) is 28.0 Å². The minimum absolute atomic E-state index is 0.0740. The molecule has 2 saturated heterocycles. The molecule has 4 rings (SSSR count). The molecule has 0 aliphatic carbocycles. The summed E-state index contributed by atoms with van der Waals surface area (Å²) in [6.07, 6.45) is -1.76. The van der Waals surface area contributed by atoms with Crippen LogP contribution >= 0.6 is 0 Å². The largest absolute Gasteiger partial charge is 0.688 e. The van der Waals surface area contributed by atoms with Crippen molar-refractivity contribution in [2.24, 2.45) is 5.92 Å². The molecular formula is C27H33BN2O8. The van der Waals surface area contributed by atoms with E-state index in [4.69, 9.17) is 9.31 Å². The highest BCUT2D eigenvalue weighted by molar-refractivity contribution is 6.69. The van der Waals surface area contributed by atoms with Crippen LogP contribution in [0.2, 0.25) is 5.82 Å². The summed E-state index contributed by atoms with van der Waals surface area (Å²) < 4.78 is 13.8. The molecule has 10 nitrogen and oxygen atoms in total. The molecule has 2 fully saturated rings. The second-order valence-corrected chi connectivity index (χ2v) is 10.4. The maximum atomic E-state index is 13.5. The van der Waals surface area contributed by atoms with Crippen LogP contribution in [0, 0.1) is 5.92 Å². The summed E-state index contributed by atoms with van der Waals surface area (Å²) in [6.45, 7) is 4.09. The summed E-state index contributed by atoms with van der Waals surface area (Å²) in [5.74, 6) is -2.80. The molecule has 2 aromatic rings.